The molecular weight excluding hydrogens is 308 g/mol. The van der Waals surface area contributed by atoms with E-state index >= 15 is 0 Å². The molecule has 0 bridgehead atoms. The van der Waals surface area contributed by atoms with Gasteiger partial charge in [-0.05, 0) is 30.7 Å². The van der Waals surface area contributed by atoms with Crippen molar-refractivity contribution in [1.82, 2.24) is 5.43 Å². The van der Waals surface area contributed by atoms with Crippen LogP contribution in [0.1, 0.15) is 29.3 Å². The van der Waals surface area contributed by atoms with Gasteiger partial charge in [-0.2, -0.15) is 5.10 Å². The highest BCUT2D eigenvalue weighted by molar-refractivity contribution is 5.97. The van der Waals surface area contributed by atoms with Crippen LogP contribution in [0.2, 0.25) is 0 Å². The van der Waals surface area contributed by atoms with Crippen molar-refractivity contribution in [3.05, 3.63) is 53.6 Å². The molecule has 6 nitrogen and oxygen atoms in total. The highest BCUT2D eigenvalue weighted by atomic mass is 16.5. The molecule has 0 saturated carbocycles. The van der Waals surface area contributed by atoms with E-state index in [0.29, 0.717) is 29.2 Å². The number of hydrazone groups is 1. The van der Waals surface area contributed by atoms with Crippen LogP contribution in [-0.4, -0.2) is 30.9 Å². The Bertz CT molecular complexity index is 729. The Morgan fingerprint density at radius 1 is 1.21 bits per heavy atom. The van der Waals surface area contributed by atoms with Gasteiger partial charge < -0.3 is 14.6 Å². The Hall–Kier alpha value is -3.02. The van der Waals surface area contributed by atoms with Gasteiger partial charge in [0.05, 0.1) is 25.5 Å². The van der Waals surface area contributed by atoms with Crippen molar-refractivity contribution < 1.29 is 19.4 Å². The number of methoxy groups -OCH3 is 1. The summed E-state index contributed by atoms with van der Waals surface area (Å²) in [5, 5.41) is 13.8. The summed E-state index contributed by atoms with van der Waals surface area (Å²) in [5.74, 6) is 0.421. The Balaban J connectivity index is 2.08. The van der Waals surface area contributed by atoms with E-state index in [9.17, 15) is 9.90 Å². The van der Waals surface area contributed by atoms with Gasteiger partial charge in [0.25, 0.3) is 5.91 Å². The number of amides is 1. The standard InChI is InChI=1S/C18H20N2O4/c1-3-11-24-15-9-5-4-8-14(15)18(22)20-19-12-13-7-6-10-16(23-2)17(13)21/h4-10,12,21H,3,11H2,1-2H3,(H,20,22)/b19-12+. The molecule has 2 rings (SSSR count). The van der Waals surface area contributed by atoms with Crippen molar-refractivity contribution in [1.29, 1.82) is 0 Å². The lowest BCUT2D eigenvalue weighted by Crippen LogP contribution is -2.18. The highest BCUT2D eigenvalue weighted by Gasteiger charge is 2.11. The monoisotopic (exact) mass is 328 g/mol. The van der Waals surface area contributed by atoms with Crippen molar-refractivity contribution in [2.45, 2.75) is 13.3 Å². The molecule has 0 atom stereocenters. The van der Waals surface area contributed by atoms with Crippen LogP contribution in [0.25, 0.3) is 0 Å². The zero-order valence-corrected chi connectivity index (χ0v) is 13.7. The van der Waals surface area contributed by atoms with Crippen LogP contribution in [0.15, 0.2) is 47.6 Å². The number of carbonyl (C=O) groups is 1. The van der Waals surface area contributed by atoms with Crippen LogP contribution < -0.4 is 14.9 Å². The van der Waals surface area contributed by atoms with E-state index < -0.39 is 0 Å². The van der Waals surface area contributed by atoms with Gasteiger partial charge in [0.15, 0.2) is 11.5 Å². The van der Waals surface area contributed by atoms with Gasteiger partial charge in [0.1, 0.15) is 5.75 Å². The van der Waals surface area contributed by atoms with Crippen LogP contribution >= 0.6 is 0 Å². The fourth-order valence-electron chi connectivity index (χ4n) is 2.02. The summed E-state index contributed by atoms with van der Waals surface area (Å²) in [7, 11) is 1.46. The number of phenolic OH excluding ortho intramolecular Hbond substituents is 1. The average Bonchev–Trinajstić information content (AvgIpc) is 2.61. The summed E-state index contributed by atoms with van der Waals surface area (Å²) < 4.78 is 10.6. The summed E-state index contributed by atoms with van der Waals surface area (Å²) >= 11 is 0. The molecular formula is C18H20N2O4. The van der Waals surface area contributed by atoms with Crippen LogP contribution in [0.5, 0.6) is 17.2 Å². The average molecular weight is 328 g/mol. The lowest BCUT2D eigenvalue weighted by molar-refractivity contribution is 0.0951. The Kier molecular flexibility index (Phi) is 6.19. The fourth-order valence-corrected chi connectivity index (χ4v) is 2.02. The fraction of sp³-hybridized carbons (Fsp3) is 0.222. The minimum atomic E-state index is -0.389. The summed E-state index contributed by atoms with van der Waals surface area (Å²) in [5.41, 5.74) is 3.26. The number of nitrogens with one attached hydrogen (secondary N) is 1. The van der Waals surface area contributed by atoms with E-state index in [2.05, 4.69) is 10.5 Å². The molecule has 0 aliphatic heterocycles. The van der Waals surface area contributed by atoms with E-state index in [1.54, 1.807) is 42.5 Å². The van der Waals surface area contributed by atoms with Crippen molar-refractivity contribution >= 4 is 12.1 Å². The first-order chi connectivity index (χ1) is 11.7. The quantitative estimate of drug-likeness (QED) is 0.605. The number of rotatable bonds is 7. The second-order valence-corrected chi connectivity index (χ2v) is 4.94. The normalized spacial score (nSPS) is 10.6. The second-order valence-electron chi connectivity index (χ2n) is 4.94. The number of aromatic hydroxyl groups is 1. The molecule has 126 valence electrons. The van der Waals surface area contributed by atoms with Gasteiger partial charge in [-0.15, -0.1) is 0 Å². The largest absolute Gasteiger partial charge is 0.504 e. The maximum absolute atomic E-state index is 12.2. The highest BCUT2D eigenvalue weighted by Crippen LogP contribution is 2.27. The van der Waals surface area contributed by atoms with E-state index in [0.717, 1.165) is 6.42 Å². The number of hydrogen-bond donors (Lipinski definition) is 2. The van der Waals surface area contributed by atoms with Gasteiger partial charge in [0, 0.05) is 5.56 Å². The summed E-state index contributed by atoms with van der Waals surface area (Å²) in [6, 6.07) is 12.0. The lowest BCUT2D eigenvalue weighted by atomic mass is 10.2. The van der Waals surface area contributed by atoms with Crippen molar-refractivity contribution in [2.24, 2.45) is 5.10 Å². The molecule has 0 radical (unpaired) electrons. The number of phenols is 1. The molecule has 0 unspecified atom stereocenters. The Morgan fingerprint density at radius 2 is 1.96 bits per heavy atom. The molecule has 0 spiro atoms. The second kappa shape index (κ2) is 8.57. The van der Waals surface area contributed by atoms with Crippen LogP contribution in [0.3, 0.4) is 0 Å². The number of benzene rings is 2. The molecule has 0 saturated heterocycles. The molecule has 0 aliphatic carbocycles. The molecule has 1 amide bonds. The number of nitrogens with zero attached hydrogens (tertiary/aromatic N) is 1. The third kappa shape index (κ3) is 4.25. The van der Waals surface area contributed by atoms with Crippen LogP contribution in [0, 0.1) is 0 Å². The molecule has 24 heavy (non-hydrogen) atoms. The van der Waals surface area contributed by atoms with E-state index in [-0.39, 0.29) is 11.7 Å². The smallest absolute Gasteiger partial charge is 0.275 e. The van der Waals surface area contributed by atoms with E-state index in [1.165, 1.54) is 13.3 Å². The Labute approximate surface area is 140 Å². The van der Waals surface area contributed by atoms with Gasteiger partial charge in [-0.3, -0.25) is 4.79 Å². The maximum Gasteiger partial charge on any atom is 0.275 e. The zero-order valence-electron chi connectivity index (χ0n) is 13.7. The van der Waals surface area contributed by atoms with E-state index in [4.69, 9.17) is 9.47 Å². The first kappa shape index (κ1) is 17.3. The van der Waals surface area contributed by atoms with Crippen molar-refractivity contribution in [3.8, 4) is 17.2 Å². The SMILES string of the molecule is CCCOc1ccccc1C(=O)N/N=C/c1cccc(OC)c1O. The zero-order chi connectivity index (χ0) is 17.4. The van der Waals surface area contributed by atoms with Crippen molar-refractivity contribution in [2.75, 3.05) is 13.7 Å². The van der Waals surface area contributed by atoms with Crippen molar-refractivity contribution in [3.63, 3.8) is 0 Å². The van der Waals surface area contributed by atoms with Gasteiger partial charge in [-0.25, -0.2) is 5.43 Å². The predicted molar refractivity (Wildman–Crippen MR) is 91.9 cm³/mol. The molecule has 2 N–H and O–H groups in total. The topological polar surface area (TPSA) is 80.2 Å². The molecule has 0 heterocycles. The molecule has 0 aromatic heterocycles. The van der Waals surface area contributed by atoms with Gasteiger partial charge in [0.2, 0.25) is 0 Å². The first-order valence-electron chi connectivity index (χ1n) is 7.58. The third-order valence-electron chi connectivity index (χ3n) is 3.21. The minimum Gasteiger partial charge on any atom is -0.504 e. The number of ether oxygens (including phenoxy) is 2. The molecule has 6 heteroatoms. The number of carbonyl (C=O) groups excluding carboxylic acids is 1. The van der Waals surface area contributed by atoms with Crippen LogP contribution in [-0.2, 0) is 0 Å². The molecule has 0 fully saturated rings. The number of para-hydroxylation sites is 2. The molecule has 2 aromatic carbocycles. The summed E-state index contributed by atoms with van der Waals surface area (Å²) in [6.45, 7) is 2.53. The molecule has 2 aromatic rings. The molecule has 0 aliphatic rings. The van der Waals surface area contributed by atoms with E-state index in [1.807, 2.05) is 6.92 Å². The lowest BCUT2D eigenvalue weighted by Gasteiger charge is -2.09. The van der Waals surface area contributed by atoms with Gasteiger partial charge >= 0.3 is 0 Å². The summed E-state index contributed by atoms with van der Waals surface area (Å²) in [4.78, 5) is 12.2. The predicted octanol–water partition coefficient (Wildman–Crippen LogP) is 2.95. The summed E-state index contributed by atoms with van der Waals surface area (Å²) in [6.07, 6.45) is 2.20. The minimum absolute atomic E-state index is 0.0373. The maximum atomic E-state index is 12.2. The van der Waals surface area contributed by atoms with Crippen LogP contribution in [0.4, 0.5) is 0 Å². The Morgan fingerprint density at radius 3 is 2.71 bits per heavy atom. The number of hydrogen-bond acceptors (Lipinski definition) is 5. The third-order valence-corrected chi connectivity index (χ3v) is 3.21. The van der Waals surface area contributed by atoms with Gasteiger partial charge in [-0.1, -0.05) is 25.1 Å². The first-order valence-corrected chi connectivity index (χ1v) is 7.58.